The fourth-order valence-electron chi connectivity index (χ4n) is 3.51. The second-order valence-corrected chi connectivity index (χ2v) is 9.73. The lowest BCUT2D eigenvalue weighted by Gasteiger charge is -2.17. The SMILES string of the molecule is Cc1ncc(-c2ccnc(NC3CCN(S(=O)(=O)CCCCl)C3)n2)n1C(C)C. The largest absolute Gasteiger partial charge is 0.350 e. The summed E-state index contributed by atoms with van der Waals surface area (Å²) < 4.78 is 28.3. The van der Waals surface area contributed by atoms with Crippen LogP contribution in [0.4, 0.5) is 5.95 Å². The number of nitrogens with one attached hydrogen (secondary N) is 1. The molecule has 0 spiro atoms. The molecule has 1 saturated heterocycles. The van der Waals surface area contributed by atoms with Crippen LogP contribution >= 0.6 is 11.6 Å². The number of sulfonamides is 1. The molecule has 3 heterocycles. The van der Waals surface area contributed by atoms with Gasteiger partial charge in [-0.15, -0.1) is 11.6 Å². The van der Waals surface area contributed by atoms with E-state index >= 15 is 0 Å². The lowest BCUT2D eigenvalue weighted by molar-refractivity contribution is 0.473. The lowest BCUT2D eigenvalue weighted by atomic mass is 10.2. The second kappa shape index (κ2) is 8.75. The lowest BCUT2D eigenvalue weighted by Crippen LogP contribution is -2.33. The zero-order valence-electron chi connectivity index (χ0n) is 16.5. The molecular weight excluding hydrogens is 400 g/mol. The standard InChI is InChI=1S/C18H27ClN6O2S/c1-13(2)25-14(3)21-11-17(25)16-5-8-20-18(23-16)22-15-6-9-24(12-15)28(26,27)10-4-7-19/h5,8,11,13,15H,4,6-7,9-10,12H2,1-3H3,(H,20,22,23). The fraction of sp³-hybridized carbons (Fsp3) is 0.611. The van der Waals surface area contributed by atoms with Crippen LogP contribution in [0.2, 0.25) is 0 Å². The van der Waals surface area contributed by atoms with Crippen molar-refractivity contribution < 1.29 is 8.42 Å². The van der Waals surface area contributed by atoms with Crippen LogP contribution < -0.4 is 5.32 Å². The predicted molar refractivity (Wildman–Crippen MR) is 111 cm³/mol. The highest BCUT2D eigenvalue weighted by molar-refractivity contribution is 7.89. The molecule has 0 amide bonds. The van der Waals surface area contributed by atoms with Crippen LogP contribution in [0.25, 0.3) is 11.4 Å². The summed E-state index contributed by atoms with van der Waals surface area (Å²) >= 11 is 5.63. The van der Waals surface area contributed by atoms with E-state index in [0.717, 1.165) is 23.6 Å². The molecule has 10 heteroatoms. The van der Waals surface area contributed by atoms with E-state index in [9.17, 15) is 8.42 Å². The summed E-state index contributed by atoms with van der Waals surface area (Å²) in [4.78, 5) is 13.3. The third-order valence-electron chi connectivity index (χ3n) is 4.83. The van der Waals surface area contributed by atoms with E-state index < -0.39 is 10.0 Å². The Balaban J connectivity index is 1.71. The van der Waals surface area contributed by atoms with E-state index in [1.165, 1.54) is 4.31 Å². The van der Waals surface area contributed by atoms with Gasteiger partial charge in [-0.05, 0) is 39.7 Å². The normalized spacial score (nSPS) is 18.1. The summed E-state index contributed by atoms with van der Waals surface area (Å²) in [5, 5.41) is 3.28. The zero-order chi connectivity index (χ0) is 20.3. The molecule has 28 heavy (non-hydrogen) atoms. The third kappa shape index (κ3) is 4.64. The number of hydrogen-bond acceptors (Lipinski definition) is 6. The van der Waals surface area contributed by atoms with Crippen LogP contribution in [0.1, 0.15) is 38.6 Å². The van der Waals surface area contributed by atoms with E-state index in [4.69, 9.17) is 11.6 Å². The van der Waals surface area contributed by atoms with Crippen molar-refractivity contribution in [1.82, 2.24) is 23.8 Å². The monoisotopic (exact) mass is 426 g/mol. The average Bonchev–Trinajstić information content (AvgIpc) is 3.27. The van der Waals surface area contributed by atoms with Crippen molar-refractivity contribution in [2.75, 3.05) is 30.0 Å². The summed E-state index contributed by atoms with van der Waals surface area (Å²) in [6, 6.07) is 2.11. The smallest absolute Gasteiger partial charge is 0.223 e. The van der Waals surface area contributed by atoms with E-state index in [-0.39, 0.29) is 17.8 Å². The number of nitrogens with zero attached hydrogens (tertiary/aromatic N) is 5. The second-order valence-electron chi connectivity index (χ2n) is 7.27. The quantitative estimate of drug-likeness (QED) is 0.652. The minimum absolute atomic E-state index is 0.0160. The maximum Gasteiger partial charge on any atom is 0.223 e. The van der Waals surface area contributed by atoms with Crippen molar-refractivity contribution in [3.63, 3.8) is 0 Å². The van der Waals surface area contributed by atoms with Gasteiger partial charge in [-0.1, -0.05) is 0 Å². The molecule has 1 atom stereocenters. The highest BCUT2D eigenvalue weighted by Crippen LogP contribution is 2.24. The number of aromatic nitrogens is 4. The highest BCUT2D eigenvalue weighted by Gasteiger charge is 2.31. The number of imidazole rings is 1. The first kappa shape index (κ1) is 21.0. The Morgan fingerprint density at radius 2 is 2.14 bits per heavy atom. The van der Waals surface area contributed by atoms with Gasteiger partial charge in [-0.3, -0.25) is 0 Å². The molecule has 8 nitrogen and oxygen atoms in total. The van der Waals surface area contributed by atoms with E-state index in [0.29, 0.717) is 31.3 Å². The first-order valence-corrected chi connectivity index (χ1v) is 11.6. The molecule has 3 rings (SSSR count). The Morgan fingerprint density at radius 1 is 1.36 bits per heavy atom. The van der Waals surface area contributed by atoms with Crippen molar-refractivity contribution in [2.24, 2.45) is 0 Å². The van der Waals surface area contributed by atoms with Gasteiger partial charge in [0.05, 0.1) is 23.3 Å². The maximum absolute atomic E-state index is 12.3. The summed E-state index contributed by atoms with van der Waals surface area (Å²) in [7, 11) is -3.25. The van der Waals surface area contributed by atoms with Gasteiger partial charge in [0.1, 0.15) is 5.82 Å². The van der Waals surface area contributed by atoms with Gasteiger partial charge in [0, 0.05) is 37.3 Å². The van der Waals surface area contributed by atoms with E-state index in [1.54, 1.807) is 6.20 Å². The molecule has 0 aliphatic carbocycles. The zero-order valence-corrected chi connectivity index (χ0v) is 18.0. The predicted octanol–water partition coefficient (Wildman–Crippen LogP) is 2.67. The summed E-state index contributed by atoms with van der Waals surface area (Å²) in [5.74, 6) is 1.87. The Morgan fingerprint density at radius 3 is 2.86 bits per heavy atom. The molecule has 1 aliphatic rings. The molecule has 2 aromatic rings. The minimum Gasteiger partial charge on any atom is -0.350 e. The van der Waals surface area contributed by atoms with Gasteiger partial charge in [0.2, 0.25) is 16.0 Å². The van der Waals surface area contributed by atoms with Crippen LogP contribution in [-0.2, 0) is 10.0 Å². The van der Waals surface area contributed by atoms with Crippen LogP contribution in [0, 0.1) is 6.92 Å². The fourth-order valence-corrected chi connectivity index (χ4v) is 5.36. The molecule has 0 bridgehead atoms. The van der Waals surface area contributed by atoms with Gasteiger partial charge in [0.25, 0.3) is 0 Å². The molecule has 0 aromatic carbocycles. The molecular formula is C18H27ClN6O2S. The Hall–Kier alpha value is -1.71. The minimum atomic E-state index is -3.25. The molecule has 1 aliphatic heterocycles. The number of halogens is 1. The molecule has 0 saturated carbocycles. The van der Waals surface area contributed by atoms with Crippen molar-refractivity contribution in [3.8, 4) is 11.4 Å². The van der Waals surface area contributed by atoms with Crippen molar-refractivity contribution >= 4 is 27.6 Å². The average molecular weight is 427 g/mol. The van der Waals surface area contributed by atoms with Crippen molar-refractivity contribution in [2.45, 2.75) is 45.7 Å². The molecule has 1 unspecified atom stereocenters. The van der Waals surface area contributed by atoms with Crippen LogP contribution in [0.15, 0.2) is 18.5 Å². The first-order chi connectivity index (χ1) is 13.3. The maximum atomic E-state index is 12.3. The third-order valence-corrected chi connectivity index (χ3v) is 7.02. The van der Waals surface area contributed by atoms with Gasteiger partial charge in [0.15, 0.2) is 0 Å². The summed E-state index contributed by atoms with van der Waals surface area (Å²) in [5.41, 5.74) is 1.73. The summed E-state index contributed by atoms with van der Waals surface area (Å²) in [6.07, 6.45) is 4.72. The number of aryl methyl sites for hydroxylation is 1. The molecule has 1 fully saturated rings. The van der Waals surface area contributed by atoms with Gasteiger partial charge >= 0.3 is 0 Å². The molecule has 154 valence electrons. The Bertz CT molecular complexity index is 915. The van der Waals surface area contributed by atoms with Crippen LogP contribution in [-0.4, -0.2) is 63.0 Å². The molecule has 2 aromatic heterocycles. The first-order valence-electron chi connectivity index (χ1n) is 9.49. The summed E-state index contributed by atoms with van der Waals surface area (Å²) in [6.45, 7) is 7.11. The van der Waals surface area contributed by atoms with Gasteiger partial charge < -0.3 is 9.88 Å². The number of anilines is 1. The van der Waals surface area contributed by atoms with Crippen LogP contribution in [0.5, 0.6) is 0 Å². The van der Waals surface area contributed by atoms with Gasteiger partial charge in [-0.2, -0.15) is 4.31 Å². The number of rotatable bonds is 8. The van der Waals surface area contributed by atoms with Crippen molar-refractivity contribution in [1.29, 1.82) is 0 Å². The number of alkyl halides is 1. The molecule has 1 N–H and O–H groups in total. The molecule has 0 radical (unpaired) electrons. The Kier molecular flexibility index (Phi) is 6.57. The number of hydrogen-bond donors (Lipinski definition) is 1. The van der Waals surface area contributed by atoms with Gasteiger partial charge in [-0.25, -0.2) is 23.4 Å². The Labute approximate surface area is 171 Å². The van der Waals surface area contributed by atoms with Crippen molar-refractivity contribution in [3.05, 3.63) is 24.3 Å². The topological polar surface area (TPSA) is 93.0 Å². The van der Waals surface area contributed by atoms with E-state index in [2.05, 4.69) is 38.7 Å². The van der Waals surface area contributed by atoms with E-state index in [1.807, 2.05) is 19.2 Å². The highest BCUT2D eigenvalue weighted by atomic mass is 35.5. The van der Waals surface area contributed by atoms with Crippen LogP contribution in [0.3, 0.4) is 0 Å².